The molecule has 4 nitrogen and oxygen atoms in total. The molecule has 0 atom stereocenters. The van der Waals surface area contributed by atoms with Gasteiger partial charge in [-0.1, -0.05) is 24.3 Å². The minimum atomic E-state index is -0.398. The third-order valence-corrected chi connectivity index (χ3v) is 3.74. The highest BCUT2D eigenvalue weighted by Crippen LogP contribution is 2.24. The van der Waals surface area contributed by atoms with E-state index >= 15 is 0 Å². The summed E-state index contributed by atoms with van der Waals surface area (Å²) >= 11 is 1.66. The lowest BCUT2D eigenvalue weighted by atomic mass is 10.2. The fourth-order valence-electron chi connectivity index (χ4n) is 1.57. The number of rotatable bonds is 5. The Kier molecular flexibility index (Phi) is 4.54. The molecule has 1 N–H and O–H groups in total. The number of nitro groups is 1. The first kappa shape index (κ1) is 13.6. The van der Waals surface area contributed by atoms with Gasteiger partial charge < -0.3 is 5.11 Å². The zero-order valence-corrected chi connectivity index (χ0v) is 11.0. The first-order valence-corrected chi connectivity index (χ1v) is 6.73. The van der Waals surface area contributed by atoms with Gasteiger partial charge in [0, 0.05) is 22.8 Å². The zero-order chi connectivity index (χ0) is 13.7. The van der Waals surface area contributed by atoms with Crippen molar-refractivity contribution in [3.63, 3.8) is 0 Å². The van der Waals surface area contributed by atoms with Gasteiger partial charge in [0.2, 0.25) is 0 Å². The van der Waals surface area contributed by atoms with Gasteiger partial charge in [0.1, 0.15) is 0 Å². The van der Waals surface area contributed by atoms with Crippen LogP contribution in [-0.2, 0) is 12.4 Å². The van der Waals surface area contributed by atoms with Crippen LogP contribution in [0.5, 0.6) is 0 Å². The predicted octanol–water partition coefficient (Wildman–Crippen LogP) is 3.38. The average molecular weight is 275 g/mol. The molecular weight excluding hydrogens is 262 g/mol. The van der Waals surface area contributed by atoms with E-state index < -0.39 is 4.92 Å². The summed E-state index contributed by atoms with van der Waals surface area (Å²) in [7, 11) is 0. The van der Waals surface area contributed by atoms with Crippen LogP contribution in [0.15, 0.2) is 53.4 Å². The largest absolute Gasteiger partial charge is 0.392 e. The van der Waals surface area contributed by atoms with Gasteiger partial charge >= 0.3 is 0 Å². The number of non-ortho nitro benzene ring substituents is 1. The van der Waals surface area contributed by atoms with E-state index in [0.29, 0.717) is 0 Å². The molecule has 0 heterocycles. The van der Waals surface area contributed by atoms with Crippen LogP contribution in [0.2, 0.25) is 0 Å². The third-order valence-electron chi connectivity index (χ3n) is 2.66. The second kappa shape index (κ2) is 6.36. The molecule has 0 unspecified atom stereocenters. The number of thioether (sulfide) groups is 1. The van der Waals surface area contributed by atoms with Crippen LogP contribution in [0.25, 0.3) is 0 Å². The lowest BCUT2D eigenvalue weighted by molar-refractivity contribution is -0.384. The Morgan fingerprint density at radius 2 is 1.58 bits per heavy atom. The van der Waals surface area contributed by atoms with Crippen LogP contribution in [0.1, 0.15) is 11.1 Å². The molecule has 0 amide bonds. The lowest BCUT2D eigenvalue weighted by Crippen LogP contribution is -1.88. The normalized spacial score (nSPS) is 10.4. The molecule has 5 heteroatoms. The fourth-order valence-corrected chi connectivity index (χ4v) is 2.43. The van der Waals surface area contributed by atoms with Crippen molar-refractivity contribution in [1.29, 1.82) is 0 Å². The fraction of sp³-hybridized carbons (Fsp3) is 0.143. The van der Waals surface area contributed by atoms with Crippen LogP contribution in [-0.4, -0.2) is 10.0 Å². The molecule has 0 radical (unpaired) electrons. The van der Waals surface area contributed by atoms with E-state index in [9.17, 15) is 10.1 Å². The van der Waals surface area contributed by atoms with Gasteiger partial charge in [-0.25, -0.2) is 0 Å². The summed E-state index contributed by atoms with van der Waals surface area (Å²) in [6.45, 7) is 0.0489. The van der Waals surface area contributed by atoms with Crippen molar-refractivity contribution in [2.24, 2.45) is 0 Å². The van der Waals surface area contributed by atoms with Gasteiger partial charge in [-0.2, -0.15) is 0 Å². The van der Waals surface area contributed by atoms with Crippen LogP contribution >= 0.6 is 11.8 Å². The molecule has 0 saturated heterocycles. The van der Waals surface area contributed by atoms with Gasteiger partial charge in [0.25, 0.3) is 5.69 Å². The van der Waals surface area contributed by atoms with Gasteiger partial charge in [-0.15, -0.1) is 11.8 Å². The van der Waals surface area contributed by atoms with E-state index in [1.54, 1.807) is 23.9 Å². The zero-order valence-electron chi connectivity index (χ0n) is 10.2. The number of hydrogen-bond donors (Lipinski definition) is 1. The van der Waals surface area contributed by atoms with Gasteiger partial charge in [-0.3, -0.25) is 10.1 Å². The maximum atomic E-state index is 10.5. The molecule has 0 saturated carbocycles. The summed E-state index contributed by atoms with van der Waals surface area (Å²) in [5.74, 6) is 0.760. The molecule has 2 rings (SSSR count). The molecule has 0 spiro atoms. The Morgan fingerprint density at radius 3 is 2.11 bits per heavy atom. The van der Waals surface area contributed by atoms with E-state index in [1.165, 1.54) is 12.1 Å². The molecule has 98 valence electrons. The number of aliphatic hydroxyl groups excluding tert-OH is 1. The van der Waals surface area contributed by atoms with Gasteiger partial charge in [0.05, 0.1) is 11.5 Å². The van der Waals surface area contributed by atoms with Crippen LogP contribution in [0.4, 0.5) is 5.69 Å². The highest BCUT2D eigenvalue weighted by Gasteiger charge is 2.04. The number of benzene rings is 2. The average Bonchev–Trinajstić information content (AvgIpc) is 2.46. The maximum Gasteiger partial charge on any atom is 0.269 e. The molecule has 0 aliphatic rings. The summed E-state index contributed by atoms with van der Waals surface area (Å²) in [6.07, 6.45) is 0. The van der Waals surface area contributed by atoms with Crippen molar-refractivity contribution < 1.29 is 10.0 Å². The van der Waals surface area contributed by atoms with E-state index in [1.807, 2.05) is 24.3 Å². The van der Waals surface area contributed by atoms with Crippen LogP contribution < -0.4 is 0 Å². The van der Waals surface area contributed by atoms with Crippen molar-refractivity contribution in [3.8, 4) is 0 Å². The van der Waals surface area contributed by atoms with Crippen molar-refractivity contribution in [3.05, 3.63) is 69.8 Å². The second-order valence-electron chi connectivity index (χ2n) is 4.01. The van der Waals surface area contributed by atoms with Gasteiger partial charge in [0.15, 0.2) is 0 Å². The Labute approximate surface area is 115 Å². The number of aliphatic hydroxyl groups is 1. The minimum absolute atomic E-state index is 0.0489. The van der Waals surface area contributed by atoms with Crippen molar-refractivity contribution in [2.45, 2.75) is 17.3 Å². The van der Waals surface area contributed by atoms with Crippen molar-refractivity contribution in [1.82, 2.24) is 0 Å². The van der Waals surface area contributed by atoms with Crippen LogP contribution in [0.3, 0.4) is 0 Å². The first-order valence-electron chi connectivity index (χ1n) is 5.75. The number of nitrogens with zero attached hydrogens (tertiary/aromatic N) is 1. The highest BCUT2D eigenvalue weighted by atomic mass is 32.2. The van der Waals surface area contributed by atoms with Gasteiger partial charge in [-0.05, 0) is 23.3 Å². The summed E-state index contributed by atoms with van der Waals surface area (Å²) in [5, 5.41) is 19.5. The topological polar surface area (TPSA) is 63.4 Å². The molecular formula is C14H13NO3S. The molecule has 0 fully saturated rings. The van der Waals surface area contributed by atoms with Crippen LogP contribution in [0, 0.1) is 10.1 Å². The molecule has 2 aromatic carbocycles. The predicted molar refractivity (Wildman–Crippen MR) is 75.0 cm³/mol. The molecule has 0 aliphatic heterocycles. The summed E-state index contributed by atoms with van der Waals surface area (Å²) in [5.41, 5.74) is 2.04. The van der Waals surface area contributed by atoms with Crippen molar-refractivity contribution >= 4 is 17.4 Å². The summed E-state index contributed by atoms with van der Waals surface area (Å²) in [4.78, 5) is 11.2. The first-order chi connectivity index (χ1) is 9.19. The van der Waals surface area contributed by atoms with E-state index in [4.69, 9.17) is 5.11 Å². The van der Waals surface area contributed by atoms with E-state index in [-0.39, 0.29) is 12.3 Å². The molecule has 19 heavy (non-hydrogen) atoms. The third kappa shape index (κ3) is 3.81. The summed E-state index contributed by atoms with van der Waals surface area (Å²) in [6, 6.07) is 14.3. The summed E-state index contributed by atoms with van der Waals surface area (Å²) < 4.78 is 0. The maximum absolute atomic E-state index is 10.5. The van der Waals surface area contributed by atoms with E-state index in [2.05, 4.69) is 0 Å². The number of nitro benzene ring substituents is 1. The van der Waals surface area contributed by atoms with Crippen molar-refractivity contribution in [2.75, 3.05) is 0 Å². The molecule has 2 aromatic rings. The lowest BCUT2D eigenvalue weighted by Gasteiger charge is -2.03. The Balaban J connectivity index is 1.95. The Bertz CT molecular complexity index is 552. The minimum Gasteiger partial charge on any atom is -0.392 e. The quantitative estimate of drug-likeness (QED) is 0.516. The molecule has 0 aromatic heterocycles. The Hall–Kier alpha value is -1.85. The smallest absolute Gasteiger partial charge is 0.269 e. The molecule has 0 bridgehead atoms. The second-order valence-corrected chi connectivity index (χ2v) is 5.06. The number of hydrogen-bond acceptors (Lipinski definition) is 4. The molecule has 0 aliphatic carbocycles. The SMILES string of the molecule is O=[N+]([O-])c1ccc(CSc2ccc(CO)cc2)cc1. The standard InChI is InChI=1S/C14H13NO3S/c16-9-11-3-7-14(8-4-11)19-10-12-1-5-13(6-2-12)15(17)18/h1-8,16H,9-10H2. The Morgan fingerprint density at radius 1 is 1.00 bits per heavy atom. The van der Waals surface area contributed by atoms with E-state index in [0.717, 1.165) is 21.8 Å². The monoisotopic (exact) mass is 275 g/mol. The highest BCUT2D eigenvalue weighted by molar-refractivity contribution is 7.98.